The summed E-state index contributed by atoms with van der Waals surface area (Å²) in [5.41, 5.74) is 3.21. The quantitative estimate of drug-likeness (QED) is 0.474. The first-order chi connectivity index (χ1) is 14.7. The van der Waals surface area contributed by atoms with E-state index < -0.39 is 0 Å². The highest BCUT2D eigenvalue weighted by Gasteiger charge is 2.08. The maximum absolute atomic E-state index is 5.70. The van der Waals surface area contributed by atoms with Crippen LogP contribution in [0.4, 0.5) is 5.69 Å². The summed E-state index contributed by atoms with van der Waals surface area (Å²) in [6.07, 6.45) is 4.62. The molecule has 0 radical (unpaired) electrons. The first-order valence-electron chi connectivity index (χ1n) is 10.2. The minimum absolute atomic E-state index is 0.588. The highest BCUT2D eigenvalue weighted by molar-refractivity contribution is 7.80. The summed E-state index contributed by atoms with van der Waals surface area (Å²) >= 11 is 5.39. The molecule has 2 N–H and O–H groups in total. The van der Waals surface area contributed by atoms with Crippen LogP contribution in [-0.2, 0) is 13.0 Å². The fraction of sp³-hybridized carbons (Fsp3) is 0.304. The molecule has 0 spiro atoms. The summed E-state index contributed by atoms with van der Waals surface area (Å²) in [5.74, 6) is 1.52. The topological polar surface area (TPSA) is 60.3 Å². The lowest BCUT2D eigenvalue weighted by Crippen LogP contribution is -2.30. The Bertz CT molecular complexity index is 943. The number of ether oxygens (including phenoxy) is 2. The number of benzene rings is 2. The zero-order chi connectivity index (χ0) is 21.2. The van der Waals surface area contributed by atoms with Gasteiger partial charge in [-0.1, -0.05) is 36.4 Å². The fourth-order valence-corrected chi connectivity index (χ4v) is 3.26. The zero-order valence-electron chi connectivity index (χ0n) is 17.4. The normalized spacial score (nSPS) is 10.5. The van der Waals surface area contributed by atoms with Crippen LogP contribution in [0.15, 0.2) is 60.9 Å². The van der Waals surface area contributed by atoms with Gasteiger partial charge in [0.15, 0.2) is 16.6 Å². The zero-order valence-corrected chi connectivity index (χ0v) is 18.2. The molecule has 0 aliphatic rings. The molecule has 3 aromatic rings. The number of hydrogen-bond donors (Lipinski definition) is 2. The standard InChI is InChI=1S/C23H28N4O2S/c1-3-28-21-11-10-19(14-22(21)29-4-2)16-27-17-20(15-25-27)26-23(30)24-13-12-18-8-6-5-7-9-18/h5-11,14-15,17H,3-4,12-13,16H2,1-2H3,(H2,24,26,30). The van der Waals surface area contributed by atoms with E-state index in [-0.39, 0.29) is 0 Å². The van der Waals surface area contributed by atoms with Crippen LogP contribution in [0.5, 0.6) is 11.5 Å². The molecule has 0 saturated heterocycles. The van der Waals surface area contributed by atoms with Gasteiger partial charge in [0.1, 0.15) is 0 Å². The van der Waals surface area contributed by atoms with Gasteiger partial charge in [0.25, 0.3) is 0 Å². The highest BCUT2D eigenvalue weighted by atomic mass is 32.1. The van der Waals surface area contributed by atoms with Gasteiger partial charge in [0.05, 0.1) is 31.6 Å². The Labute approximate surface area is 183 Å². The summed E-state index contributed by atoms with van der Waals surface area (Å²) in [6.45, 7) is 6.52. The van der Waals surface area contributed by atoms with Gasteiger partial charge in [-0.15, -0.1) is 0 Å². The van der Waals surface area contributed by atoms with Crippen LogP contribution in [0.25, 0.3) is 0 Å². The van der Waals surface area contributed by atoms with Crippen molar-refractivity contribution in [3.63, 3.8) is 0 Å². The molecule has 0 amide bonds. The third-order valence-corrected chi connectivity index (χ3v) is 4.63. The van der Waals surface area contributed by atoms with Gasteiger partial charge in [-0.3, -0.25) is 4.68 Å². The maximum atomic E-state index is 5.70. The molecule has 158 valence electrons. The average molecular weight is 425 g/mol. The number of thiocarbonyl (C=S) groups is 1. The van der Waals surface area contributed by atoms with Gasteiger partial charge >= 0.3 is 0 Å². The Morgan fingerprint density at radius 3 is 2.53 bits per heavy atom. The summed E-state index contributed by atoms with van der Waals surface area (Å²) in [7, 11) is 0. The molecular weight excluding hydrogens is 396 g/mol. The number of nitrogens with zero attached hydrogens (tertiary/aromatic N) is 2. The van der Waals surface area contributed by atoms with E-state index in [1.807, 2.05) is 61.1 Å². The van der Waals surface area contributed by atoms with Crippen LogP contribution < -0.4 is 20.1 Å². The molecule has 2 aromatic carbocycles. The van der Waals surface area contributed by atoms with Crippen molar-refractivity contribution < 1.29 is 9.47 Å². The van der Waals surface area contributed by atoms with Crippen molar-refractivity contribution in [2.24, 2.45) is 0 Å². The molecule has 1 heterocycles. The first-order valence-corrected chi connectivity index (χ1v) is 10.6. The van der Waals surface area contributed by atoms with E-state index in [9.17, 15) is 0 Å². The second-order valence-electron chi connectivity index (χ2n) is 6.69. The highest BCUT2D eigenvalue weighted by Crippen LogP contribution is 2.28. The van der Waals surface area contributed by atoms with Crippen LogP contribution in [0.3, 0.4) is 0 Å². The fourth-order valence-electron chi connectivity index (χ4n) is 3.04. The van der Waals surface area contributed by atoms with Gasteiger partial charge in [-0.25, -0.2) is 0 Å². The van der Waals surface area contributed by atoms with E-state index in [1.54, 1.807) is 6.20 Å². The van der Waals surface area contributed by atoms with Crippen LogP contribution in [-0.4, -0.2) is 34.7 Å². The first kappa shape index (κ1) is 21.6. The third kappa shape index (κ3) is 6.49. The predicted molar refractivity (Wildman–Crippen MR) is 124 cm³/mol. The number of hydrogen-bond acceptors (Lipinski definition) is 4. The van der Waals surface area contributed by atoms with Crippen LogP contribution in [0.1, 0.15) is 25.0 Å². The van der Waals surface area contributed by atoms with Crippen molar-refractivity contribution in [2.45, 2.75) is 26.8 Å². The van der Waals surface area contributed by atoms with E-state index in [0.717, 1.165) is 35.7 Å². The summed E-state index contributed by atoms with van der Waals surface area (Å²) in [6, 6.07) is 16.3. The molecule has 0 bridgehead atoms. The molecule has 0 fully saturated rings. The molecule has 1 aromatic heterocycles. The molecule has 30 heavy (non-hydrogen) atoms. The summed E-state index contributed by atoms with van der Waals surface area (Å²) in [5, 5.41) is 11.4. The molecular formula is C23H28N4O2S. The predicted octanol–water partition coefficient (Wildman–Crippen LogP) is 4.26. The molecule has 0 saturated carbocycles. The van der Waals surface area contributed by atoms with Gasteiger partial charge in [-0.2, -0.15) is 5.10 Å². The van der Waals surface area contributed by atoms with Crippen molar-refractivity contribution in [2.75, 3.05) is 25.1 Å². The molecule has 0 aliphatic carbocycles. The monoisotopic (exact) mass is 424 g/mol. The Morgan fingerprint density at radius 1 is 1.00 bits per heavy atom. The lowest BCUT2D eigenvalue weighted by atomic mass is 10.1. The van der Waals surface area contributed by atoms with E-state index in [1.165, 1.54) is 5.56 Å². The maximum Gasteiger partial charge on any atom is 0.170 e. The number of rotatable bonds is 10. The van der Waals surface area contributed by atoms with E-state index in [4.69, 9.17) is 21.7 Å². The van der Waals surface area contributed by atoms with Gasteiger partial charge in [-0.05, 0) is 55.7 Å². The van der Waals surface area contributed by atoms with Gasteiger partial charge < -0.3 is 20.1 Å². The minimum Gasteiger partial charge on any atom is -0.490 e. The molecule has 0 atom stereocenters. The molecule has 3 rings (SSSR count). The van der Waals surface area contributed by atoms with Crippen molar-refractivity contribution in [3.05, 3.63) is 72.1 Å². The van der Waals surface area contributed by atoms with E-state index in [2.05, 4.69) is 27.9 Å². The number of anilines is 1. The molecule has 0 aliphatic heterocycles. The SMILES string of the molecule is CCOc1ccc(Cn2cc(NC(=S)NCCc3ccccc3)cn2)cc1OCC. The van der Waals surface area contributed by atoms with Gasteiger partial charge in [0.2, 0.25) is 0 Å². The Kier molecular flexibility index (Phi) is 8.09. The van der Waals surface area contributed by atoms with Crippen molar-refractivity contribution >= 4 is 23.0 Å². The van der Waals surface area contributed by atoms with E-state index in [0.29, 0.717) is 24.9 Å². The molecule has 7 heteroatoms. The van der Waals surface area contributed by atoms with Crippen molar-refractivity contribution in [1.29, 1.82) is 0 Å². The van der Waals surface area contributed by atoms with Gasteiger partial charge in [0, 0.05) is 12.7 Å². The second kappa shape index (κ2) is 11.2. The summed E-state index contributed by atoms with van der Waals surface area (Å²) < 4.78 is 13.2. The lowest BCUT2D eigenvalue weighted by Gasteiger charge is -2.12. The lowest BCUT2D eigenvalue weighted by molar-refractivity contribution is 0.287. The Morgan fingerprint density at radius 2 is 1.77 bits per heavy atom. The number of nitrogens with one attached hydrogen (secondary N) is 2. The van der Waals surface area contributed by atoms with E-state index >= 15 is 0 Å². The average Bonchev–Trinajstić information content (AvgIpc) is 3.17. The van der Waals surface area contributed by atoms with Crippen LogP contribution in [0, 0.1) is 0 Å². The second-order valence-corrected chi connectivity index (χ2v) is 7.10. The Balaban J connectivity index is 1.52. The molecule has 0 unspecified atom stereocenters. The van der Waals surface area contributed by atoms with Crippen molar-refractivity contribution in [1.82, 2.24) is 15.1 Å². The minimum atomic E-state index is 0.588. The third-order valence-electron chi connectivity index (χ3n) is 4.39. The number of aromatic nitrogens is 2. The van der Waals surface area contributed by atoms with Crippen molar-refractivity contribution in [3.8, 4) is 11.5 Å². The summed E-state index contributed by atoms with van der Waals surface area (Å²) in [4.78, 5) is 0. The van der Waals surface area contributed by atoms with Crippen LogP contribution >= 0.6 is 12.2 Å². The smallest absolute Gasteiger partial charge is 0.170 e. The Hall–Kier alpha value is -3.06. The largest absolute Gasteiger partial charge is 0.490 e. The molecule has 6 nitrogen and oxygen atoms in total. The van der Waals surface area contributed by atoms with Crippen LogP contribution in [0.2, 0.25) is 0 Å².